The fourth-order valence-corrected chi connectivity index (χ4v) is 9.45. The molecule has 0 N–H and O–H groups in total. The van der Waals surface area contributed by atoms with Gasteiger partial charge in [-0.05, 0) is 0 Å². The Kier molecular flexibility index (Phi) is 6.71. The molecular formula is C12H30NSn+. The maximum atomic E-state index is 2.62. The first-order valence-corrected chi connectivity index (χ1v) is 15.8. The summed E-state index contributed by atoms with van der Waals surface area (Å²) in [6, 6.07) is 0. The molecule has 86 valence electrons. The van der Waals surface area contributed by atoms with E-state index in [1.54, 1.807) is 8.87 Å². The normalized spacial score (nSPS) is 13.3. The van der Waals surface area contributed by atoms with Crippen molar-refractivity contribution in [2.75, 3.05) is 27.7 Å². The Labute approximate surface area is 95.3 Å². The Balaban J connectivity index is 3.65. The fraction of sp³-hybridized carbons (Fsp3) is 1.00. The molecule has 1 nitrogen and oxygen atoms in total. The second-order valence-electron chi connectivity index (χ2n) is 6.39. The van der Waals surface area contributed by atoms with Gasteiger partial charge in [-0.1, -0.05) is 0 Å². The number of hydrogen-bond acceptors (Lipinski definition) is 0. The summed E-state index contributed by atoms with van der Waals surface area (Å²) in [7, 11) is 6.90. The van der Waals surface area contributed by atoms with Gasteiger partial charge in [0.05, 0.1) is 0 Å². The van der Waals surface area contributed by atoms with E-state index in [2.05, 4.69) is 37.9 Å². The van der Waals surface area contributed by atoms with Gasteiger partial charge in [-0.3, -0.25) is 0 Å². The molecule has 0 aromatic heterocycles. The van der Waals surface area contributed by atoms with E-state index in [0.717, 1.165) is 4.48 Å². The zero-order valence-corrected chi connectivity index (χ0v) is 14.0. The molecule has 0 aromatic carbocycles. The van der Waals surface area contributed by atoms with Gasteiger partial charge in [0.2, 0.25) is 0 Å². The van der Waals surface area contributed by atoms with Gasteiger partial charge in [0, 0.05) is 0 Å². The van der Waals surface area contributed by atoms with Crippen LogP contribution in [0.25, 0.3) is 0 Å². The van der Waals surface area contributed by atoms with E-state index in [0.29, 0.717) is 0 Å². The van der Waals surface area contributed by atoms with Crippen LogP contribution in [0.2, 0.25) is 18.8 Å². The number of unbranched alkanes of at least 4 members (excludes halogenated alkanes) is 1. The summed E-state index contributed by atoms with van der Waals surface area (Å²) in [6.07, 6.45) is 4.32. The number of rotatable bonds is 7. The predicted molar refractivity (Wildman–Crippen MR) is 69.5 cm³/mol. The van der Waals surface area contributed by atoms with Gasteiger partial charge in [-0.15, -0.1) is 0 Å². The van der Waals surface area contributed by atoms with Crippen molar-refractivity contribution in [2.45, 2.75) is 44.9 Å². The molecule has 0 bridgehead atoms. The Hall–Kier alpha value is 0.759. The molecule has 0 saturated carbocycles. The van der Waals surface area contributed by atoms with E-state index in [4.69, 9.17) is 0 Å². The zero-order valence-electron chi connectivity index (χ0n) is 11.2. The second kappa shape index (κ2) is 6.36. The van der Waals surface area contributed by atoms with Crippen molar-refractivity contribution < 1.29 is 4.48 Å². The molecule has 0 fully saturated rings. The van der Waals surface area contributed by atoms with Crippen molar-refractivity contribution in [2.24, 2.45) is 0 Å². The molecule has 0 aromatic rings. The minimum absolute atomic E-state index is 1.13. The molecule has 0 radical (unpaired) electrons. The maximum absolute atomic E-state index is 2.62. The monoisotopic (exact) mass is 308 g/mol. The van der Waals surface area contributed by atoms with Crippen molar-refractivity contribution in [1.29, 1.82) is 0 Å². The quantitative estimate of drug-likeness (QED) is 0.498. The van der Waals surface area contributed by atoms with Gasteiger partial charge in [0.25, 0.3) is 0 Å². The SMILES string of the molecule is CCC[CH2][Sn]([CH3])([CH3])[CH2]CC[N+](C)(C)C. The van der Waals surface area contributed by atoms with E-state index in [-0.39, 0.29) is 0 Å². The first kappa shape index (κ1) is 14.8. The van der Waals surface area contributed by atoms with E-state index < -0.39 is 18.4 Å². The summed E-state index contributed by atoms with van der Waals surface area (Å²) in [5.41, 5.74) is 0. The van der Waals surface area contributed by atoms with Crippen molar-refractivity contribution >= 4 is 18.4 Å². The van der Waals surface area contributed by atoms with Crippen LogP contribution >= 0.6 is 0 Å². The first-order valence-electron chi connectivity index (χ1n) is 6.07. The number of nitrogens with zero attached hydrogens (tertiary/aromatic N) is 1. The van der Waals surface area contributed by atoms with Crippen LogP contribution in [0, 0.1) is 0 Å². The number of quaternary nitrogens is 1. The molecule has 0 amide bonds. The Morgan fingerprint density at radius 1 is 0.929 bits per heavy atom. The minimum atomic E-state index is -1.55. The first-order chi connectivity index (χ1) is 6.27. The number of hydrogen-bond donors (Lipinski definition) is 0. The third kappa shape index (κ3) is 9.32. The molecule has 0 spiro atoms. The molecule has 0 aliphatic rings. The molecule has 2 heteroatoms. The third-order valence-corrected chi connectivity index (χ3v) is 12.6. The van der Waals surface area contributed by atoms with Crippen molar-refractivity contribution in [3.05, 3.63) is 0 Å². The van der Waals surface area contributed by atoms with Crippen LogP contribution in [-0.2, 0) is 0 Å². The Morgan fingerprint density at radius 3 is 1.86 bits per heavy atom. The van der Waals surface area contributed by atoms with Crippen LogP contribution in [0.1, 0.15) is 26.2 Å². The third-order valence-electron chi connectivity index (χ3n) is 2.89. The van der Waals surface area contributed by atoms with Crippen LogP contribution in [0.4, 0.5) is 0 Å². The molecular weight excluding hydrogens is 277 g/mol. The summed E-state index contributed by atoms with van der Waals surface area (Å²) in [4.78, 5) is 5.25. The van der Waals surface area contributed by atoms with Gasteiger partial charge in [0.1, 0.15) is 0 Å². The molecule has 14 heavy (non-hydrogen) atoms. The summed E-state index contributed by atoms with van der Waals surface area (Å²) < 4.78 is 4.32. The van der Waals surface area contributed by atoms with Crippen molar-refractivity contribution in [1.82, 2.24) is 0 Å². The molecule has 0 aliphatic heterocycles. The van der Waals surface area contributed by atoms with Gasteiger partial charge >= 0.3 is 95.5 Å². The average Bonchev–Trinajstić information content (AvgIpc) is 1.98. The van der Waals surface area contributed by atoms with E-state index in [1.165, 1.54) is 25.8 Å². The summed E-state index contributed by atoms with van der Waals surface area (Å²) in [5.74, 6) is 0. The second-order valence-corrected chi connectivity index (χ2v) is 21.6. The van der Waals surface area contributed by atoms with Gasteiger partial charge in [-0.25, -0.2) is 0 Å². The van der Waals surface area contributed by atoms with E-state index in [1.807, 2.05) is 0 Å². The van der Waals surface area contributed by atoms with Crippen LogP contribution in [0.15, 0.2) is 0 Å². The zero-order chi connectivity index (χ0) is 11.2. The standard InChI is InChI=1S/C6H15N.C4H9.2CH3.Sn/c1-5-6-7(2,3)4;1-3-4-2;;;/h1,5-6H2,2-4H3;1,3-4H2,2H3;2*1H3;/q+1;;;;. The van der Waals surface area contributed by atoms with Gasteiger partial charge < -0.3 is 0 Å². The molecule has 0 aliphatic carbocycles. The van der Waals surface area contributed by atoms with Crippen LogP contribution in [-0.4, -0.2) is 50.5 Å². The van der Waals surface area contributed by atoms with Crippen molar-refractivity contribution in [3.8, 4) is 0 Å². The Bertz CT molecular complexity index is 147. The van der Waals surface area contributed by atoms with Crippen molar-refractivity contribution in [3.63, 3.8) is 0 Å². The molecule has 0 unspecified atom stereocenters. The van der Waals surface area contributed by atoms with E-state index in [9.17, 15) is 0 Å². The van der Waals surface area contributed by atoms with E-state index >= 15 is 0 Å². The van der Waals surface area contributed by atoms with Crippen LogP contribution in [0.3, 0.4) is 0 Å². The fourth-order valence-electron chi connectivity index (χ4n) is 1.81. The molecule has 0 rings (SSSR count). The summed E-state index contributed by atoms with van der Waals surface area (Å²) >= 11 is -1.55. The van der Waals surface area contributed by atoms with Gasteiger partial charge in [-0.2, -0.15) is 0 Å². The van der Waals surface area contributed by atoms with Crippen LogP contribution in [0.5, 0.6) is 0 Å². The summed E-state index contributed by atoms with van der Waals surface area (Å²) in [6.45, 7) is 3.67. The predicted octanol–water partition coefficient (Wildman–Crippen LogP) is 3.59. The Morgan fingerprint density at radius 2 is 1.43 bits per heavy atom. The molecule has 0 atom stereocenters. The summed E-state index contributed by atoms with van der Waals surface area (Å²) in [5, 5.41) is 0. The topological polar surface area (TPSA) is 0 Å². The molecule has 0 heterocycles. The van der Waals surface area contributed by atoms with Gasteiger partial charge in [0.15, 0.2) is 0 Å². The molecule has 0 saturated heterocycles. The average molecular weight is 307 g/mol. The van der Waals surface area contributed by atoms with Crippen LogP contribution < -0.4 is 0 Å².